The molecule has 1 aromatic heterocycles. The Labute approximate surface area is 109 Å². The maximum atomic E-state index is 4.18. The van der Waals surface area contributed by atoms with Gasteiger partial charge in [0.1, 0.15) is 6.33 Å². The predicted molar refractivity (Wildman–Crippen MR) is 71.4 cm³/mol. The fraction of sp³-hybridized carbons (Fsp3) is 0.231. The summed E-state index contributed by atoms with van der Waals surface area (Å²) in [5, 5.41) is 3.43. The topological polar surface area (TPSA) is 37.8 Å². The van der Waals surface area contributed by atoms with E-state index in [2.05, 4.69) is 62.4 Å². The monoisotopic (exact) mass is 291 g/mol. The van der Waals surface area contributed by atoms with Gasteiger partial charge in [-0.1, -0.05) is 28.1 Å². The third kappa shape index (κ3) is 3.61. The zero-order valence-corrected chi connectivity index (χ0v) is 11.2. The second-order valence-electron chi connectivity index (χ2n) is 3.85. The van der Waals surface area contributed by atoms with E-state index in [1.54, 1.807) is 12.5 Å². The fourth-order valence-corrected chi connectivity index (χ4v) is 1.81. The average molecular weight is 292 g/mol. The summed E-state index contributed by atoms with van der Waals surface area (Å²) in [4.78, 5) is 8.07. The molecule has 1 aromatic carbocycles. The highest BCUT2D eigenvalue weighted by Crippen LogP contribution is 2.16. The van der Waals surface area contributed by atoms with Crippen LogP contribution in [0.25, 0.3) is 0 Å². The van der Waals surface area contributed by atoms with Crippen LogP contribution in [-0.4, -0.2) is 9.97 Å². The number of nitrogens with one attached hydrogen (secondary N) is 1. The van der Waals surface area contributed by atoms with E-state index in [0.29, 0.717) is 6.04 Å². The van der Waals surface area contributed by atoms with Gasteiger partial charge < -0.3 is 5.32 Å². The Balaban J connectivity index is 1.93. The smallest absolute Gasteiger partial charge is 0.115 e. The molecule has 0 saturated carbocycles. The third-order valence-corrected chi connectivity index (χ3v) is 3.13. The van der Waals surface area contributed by atoms with Crippen molar-refractivity contribution in [2.75, 3.05) is 0 Å². The second-order valence-corrected chi connectivity index (χ2v) is 4.77. The van der Waals surface area contributed by atoms with E-state index in [1.807, 2.05) is 6.07 Å². The molecule has 0 aliphatic rings. The van der Waals surface area contributed by atoms with Crippen LogP contribution >= 0.6 is 15.9 Å². The molecule has 2 rings (SSSR count). The third-order valence-electron chi connectivity index (χ3n) is 2.60. The minimum absolute atomic E-state index is 0.304. The lowest BCUT2D eigenvalue weighted by Gasteiger charge is -2.13. The molecule has 0 bridgehead atoms. The number of hydrogen-bond donors (Lipinski definition) is 1. The van der Waals surface area contributed by atoms with Crippen molar-refractivity contribution in [2.45, 2.75) is 19.5 Å². The first-order chi connectivity index (χ1) is 8.25. The highest BCUT2D eigenvalue weighted by atomic mass is 79.9. The van der Waals surface area contributed by atoms with Crippen LogP contribution in [0.4, 0.5) is 0 Å². The van der Waals surface area contributed by atoms with Gasteiger partial charge in [0, 0.05) is 23.3 Å². The Kier molecular flexibility index (Phi) is 4.23. The molecule has 0 radical (unpaired) electrons. The first-order valence-corrected chi connectivity index (χ1v) is 6.29. The van der Waals surface area contributed by atoms with Crippen molar-refractivity contribution in [2.24, 2.45) is 0 Å². The summed E-state index contributed by atoms with van der Waals surface area (Å²) in [6.45, 7) is 2.89. The molecule has 0 spiro atoms. The van der Waals surface area contributed by atoms with E-state index in [1.165, 1.54) is 5.56 Å². The molecule has 1 atom stereocenters. The summed E-state index contributed by atoms with van der Waals surface area (Å²) in [6, 6.07) is 10.6. The molecule has 0 saturated heterocycles. The van der Waals surface area contributed by atoms with Crippen molar-refractivity contribution < 1.29 is 0 Å². The van der Waals surface area contributed by atoms with Gasteiger partial charge in [-0.15, -0.1) is 0 Å². The Morgan fingerprint density at radius 1 is 1.24 bits per heavy atom. The molecule has 4 heteroatoms. The minimum atomic E-state index is 0.304. The Morgan fingerprint density at radius 2 is 2.00 bits per heavy atom. The van der Waals surface area contributed by atoms with Crippen LogP contribution in [0.1, 0.15) is 24.2 Å². The number of benzene rings is 1. The molecule has 1 N–H and O–H groups in total. The molecule has 0 unspecified atom stereocenters. The normalized spacial score (nSPS) is 12.4. The lowest BCUT2D eigenvalue weighted by atomic mass is 10.1. The number of rotatable bonds is 4. The Hall–Kier alpha value is -1.26. The first-order valence-electron chi connectivity index (χ1n) is 5.49. The van der Waals surface area contributed by atoms with Crippen molar-refractivity contribution >= 4 is 15.9 Å². The summed E-state index contributed by atoms with van der Waals surface area (Å²) in [7, 11) is 0. The zero-order valence-electron chi connectivity index (χ0n) is 9.60. The molecule has 3 nitrogen and oxygen atoms in total. The summed E-state index contributed by atoms with van der Waals surface area (Å²) in [5.41, 5.74) is 2.27. The largest absolute Gasteiger partial charge is 0.305 e. The van der Waals surface area contributed by atoms with Crippen LogP contribution < -0.4 is 5.32 Å². The van der Waals surface area contributed by atoms with Gasteiger partial charge in [-0.3, -0.25) is 0 Å². The van der Waals surface area contributed by atoms with Crippen molar-refractivity contribution in [3.05, 3.63) is 58.6 Å². The number of halogens is 1. The maximum Gasteiger partial charge on any atom is 0.115 e. The van der Waals surface area contributed by atoms with Gasteiger partial charge >= 0.3 is 0 Å². The highest BCUT2D eigenvalue weighted by Gasteiger charge is 2.04. The summed E-state index contributed by atoms with van der Waals surface area (Å²) in [6.07, 6.45) is 3.33. The van der Waals surface area contributed by atoms with Gasteiger partial charge in [0.25, 0.3) is 0 Å². The standard InChI is InChI=1S/C13H14BrN3/c1-10(11-2-4-12(14)5-3-11)16-8-13-6-7-15-9-17-13/h2-7,9-10,16H,8H2,1H3/t10-/m0/s1. The van der Waals surface area contributed by atoms with E-state index in [0.717, 1.165) is 16.7 Å². The van der Waals surface area contributed by atoms with Crippen molar-refractivity contribution in [3.63, 3.8) is 0 Å². The number of hydrogen-bond acceptors (Lipinski definition) is 3. The molecule has 2 aromatic rings. The van der Waals surface area contributed by atoms with Gasteiger partial charge in [0.05, 0.1) is 5.69 Å². The lowest BCUT2D eigenvalue weighted by molar-refractivity contribution is 0.567. The van der Waals surface area contributed by atoms with Crippen molar-refractivity contribution in [1.29, 1.82) is 0 Å². The van der Waals surface area contributed by atoms with Crippen LogP contribution in [0.2, 0.25) is 0 Å². The van der Waals surface area contributed by atoms with E-state index in [9.17, 15) is 0 Å². The van der Waals surface area contributed by atoms with Crippen LogP contribution in [0, 0.1) is 0 Å². The second kappa shape index (κ2) is 5.89. The summed E-state index contributed by atoms with van der Waals surface area (Å²) in [5.74, 6) is 0. The average Bonchev–Trinajstić information content (AvgIpc) is 2.38. The first kappa shape index (κ1) is 12.2. The van der Waals surface area contributed by atoms with Gasteiger partial charge in [-0.25, -0.2) is 9.97 Å². The molecule has 17 heavy (non-hydrogen) atoms. The number of nitrogens with zero attached hydrogens (tertiary/aromatic N) is 2. The highest BCUT2D eigenvalue weighted by molar-refractivity contribution is 9.10. The number of aromatic nitrogens is 2. The lowest BCUT2D eigenvalue weighted by Crippen LogP contribution is -2.18. The molecule has 0 aliphatic heterocycles. The Bertz CT molecular complexity index is 456. The SMILES string of the molecule is C[C@H](NCc1ccncn1)c1ccc(Br)cc1. The van der Waals surface area contributed by atoms with E-state index in [-0.39, 0.29) is 0 Å². The Morgan fingerprint density at radius 3 is 2.65 bits per heavy atom. The predicted octanol–water partition coefficient (Wildman–Crippen LogP) is 3.09. The fourth-order valence-electron chi connectivity index (χ4n) is 1.55. The van der Waals surface area contributed by atoms with Crippen LogP contribution in [0.5, 0.6) is 0 Å². The van der Waals surface area contributed by atoms with Gasteiger partial charge in [-0.2, -0.15) is 0 Å². The van der Waals surface area contributed by atoms with Crippen molar-refractivity contribution in [1.82, 2.24) is 15.3 Å². The summed E-state index contributed by atoms with van der Waals surface area (Å²) < 4.78 is 1.10. The van der Waals surface area contributed by atoms with Gasteiger partial charge in [-0.05, 0) is 30.7 Å². The molecule has 88 valence electrons. The zero-order chi connectivity index (χ0) is 12.1. The van der Waals surface area contributed by atoms with Crippen LogP contribution in [-0.2, 0) is 6.54 Å². The molecular weight excluding hydrogens is 278 g/mol. The van der Waals surface area contributed by atoms with Gasteiger partial charge in [0.15, 0.2) is 0 Å². The van der Waals surface area contributed by atoms with Crippen LogP contribution in [0.15, 0.2) is 47.3 Å². The van der Waals surface area contributed by atoms with Gasteiger partial charge in [0.2, 0.25) is 0 Å². The summed E-state index contributed by atoms with van der Waals surface area (Å²) >= 11 is 3.43. The molecule has 0 amide bonds. The molecule has 0 aliphatic carbocycles. The molecule has 0 fully saturated rings. The van der Waals surface area contributed by atoms with E-state index < -0.39 is 0 Å². The minimum Gasteiger partial charge on any atom is -0.305 e. The maximum absolute atomic E-state index is 4.18. The van der Waals surface area contributed by atoms with E-state index >= 15 is 0 Å². The van der Waals surface area contributed by atoms with E-state index in [4.69, 9.17) is 0 Å². The molecule has 1 heterocycles. The molecular formula is C13H14BrN3. The van der Waals surface area contributed by atoms with Crippen molar-refractivity contribution in [3.8, 4) is 0 Å². The quantitative estimate of drug-likeness (QED) is 0.941. The van der Waals surface area contributed by atoms with Crippen LogP contribution in [0.3, 0.4) is 0 Å².